The zero-order chi connectivity index (χ0) is 33.8. The van der Waals surface area contributed by atoms with Crippen LogP contribution in [0.5, 0.6) is 11.5 Å². The van der Waals surface area contributed by atoms with Crippen LogP contribution in [0.4, 0.5) is 0 Å². The fourth-order valence-electron chi connectivity index (χ4n) is 5.27. The molecule has 0 aromatic heterocycles. The Labute approximate surface area is 265 Å². The highest BCUT2D eigenvalue weighted by atomic mass is 16.5. The molecule has 2 aliphatic heterocycles. The molecule has 0 spiro atoms. The number of carboxylic acids is 4. The third-order valence-electron chi connectivity index (χ3n) is 7.73. The van der Waals surface area contributed by atoms with E-state index in [1.54, 1.807) is 0 Å². The van der Waals surface area contributed by atoms with Gasteiger partial charge in [0.1, 0.15) is 24.7 Å². The summed E-state index contributed by atoms with van der Waals surface area (Å²) >= 11 is 0. The van der Waals surface area contributed by atoms with Gasteiger partial charge in [0.25, 0.3) is 0 Å². The van der Waals surface area contributed by atoms with Gasteiger partial charge < -0.3 is 39.7 Å². The molecule has 2 aromatic carbocycles. The Morgan fingerprint density at radius 1 is 0.652 bits per heavy atom. The number of likely N-dealkylation sites (tertiary alicyclic amines) is 2. The Kier molecular flexibility index (Phi) is 13.0. The van der Waals surface area contributed by atoms with Crippen molar-refractivity contribution in [1.29, 1.82) is 0 Å². The predicted molar refractivity (Wildman–Crippen MR) is 166 cm³/mol. The number of benzene rings is 2. The van der Waals surface area contributed by atoms with Crippen LogP contribution in [0.25, 0.3) is 11.1 Å². The van der Waals surface area contributed by atoms with E-state index in [1.807, 2.05) is 36.4 Å². The van der Waals surface area contributed by atoms with Crippen molar-refractivity contribution in [2.45, 2.75) is 37.8 Å². The number of nitrogens with zero attached hydrogens (tertiary/aromatic N) is 2. The molecule has 1 aliphatic carbocycles. The van der Waals surface area contributed by atoms with Gasteiger partial charge in [-0.15, -0.1) is 0 Å². The minimum Gasteiger partial charge on any atom is -0.492 e. The van der Waals surface area contributed by atoms with Crippen LogP contribution in [-0.4, -0.2) is 112 Å². The lowest BCUT2D eigenvalue weighted by atomic mass is 10.1. The van der Waals surface area contributed by atoms with Gasteiger partial charge >= 0.3 is 23.9 Å². The van der Waals surface area contributed by atoms with Gasteiger partial charge in [0.15, 0.2) is 5.78 Å². The van der Waals surface area contributed by atoms with Crippen molar-refractivity contribution in [1.82, 2.24) is 9.80 Å². The quantitative estimate of drug-likeness (QED) is 0.237. The maximum absolute atomic E-state index is 13.1. The molecule has 2 heterocycles. The fourth-order valence-corrected chi connectivity index (χ4v) is 5.27. The van der Waals surface area contributed by atoms with Gasteiger partial charge in [-0.05, 0) is 100 Å². The Morgan fingerprint density at radius 3 is 1.28 bits per heavy atom. The van der Waals surface area contributed by atoms with Crippen LogP contribution < -0.4 is 9.47 Å². The number of rotatable bonds is 10. The molecule has 2 fully saturated rings. The van der Waals surface area contributed by atoms with E-state index in [1.165, 1.54) is 25.7 Å². The Morgan fingerprint density at radius 2 is 1.00 bits per heavy atom. The fraction of sp³-hybridized carbons (Fsp3) is 0.364. The predicted octanol–water partition coefficient (Wildman–Crippen LogP) is 3.27. The molecular formula is C33H38N2O11. The standard InChI is InChI=1S/C25H30N2O3.2C4H4O4/c1-26-11-3-5-17(26)15-29-19-7-9-21-22-10-8-20(14-24(22)25(28)23(21)13-19)30-16-18-6-4-12-27(18)2;2*5-3(6)1-2-4(7)8/h7-10,13-14,17-18H,3-6,11-12,15-16H2,1-2H3;2*1-2H,(H,5,6)(H,7,8)/t17-,18-;;/m0../s1. The van der Waals surface area contributed by atoms with Gasteiger partial charge in [0.2, 0.25) is 0 Å². The van der Waals surface area contributed by atoms with Crippen LogP contribution in [0, 0.1) is 0 Å². The zero-order valence-electron chi connectivity index (χ0n) is 25.6. The first-order chi connectivity index (χ1) is 21.8. The minimum atomic E-state index is -1.26. The van der Waals surface area contributed by atoms with Crippen molar-refractivity contribution in [2.24, 2.45) is 0 Å². The number of carbonyl (C=O) groups is 5. The molecule has 13 nitrogen and oxygen atoms in total. The normalized spacial score (nSPS) is 18.7. The van der Waals surface area contributed by atoms with Crippen molar-refractivity contribution in [3.8, 4) is 22.6 Å². The lowest BCUT2D eigenvalue weighted by Crippen LogP contribution is -2.30. The number of likely N-dealkylation sites (N-methyl/N-ethyl adjacent to an activating group) is 2. The number of carboxylic acid groups (broad SMARTS) is 4. The first kappa shape index (κ1) is 35.5. The number of ether oxygens (including phenoxy) is 2. The van der Waals surface area contributed by atoms with Crippen molar-refractivity contribution < 1.29 is 53.9 Å². The van der Waals surface area contributed by atoms with Crippen molar-refractivity contribution in [2.75, 3.05) is 40.4 Å². The second-order valence-corrected chi connectivity index (χ2v) is 10.9. The third-order valence-corrected chi connectivity index (χ3v) is 7.73. The maximum atomic E-state index is 13.1. The van der Waals surface area contributed by atoms with Gasteiger partial charge in [0.05, 0.1) is 0 Å². The smallest absolute Gasteiger partial charge is 0.328 e. The summed E-state index contributed by atoms with van der Waals surface area (Å²) in [6, 6.07) is 12.7. The van der Waals surface area contributed by atoms with Crippen molar-refractivity contribution in [3.63, 3.8) is 0 Å². The molecule has 0 amide bonds. The molecule has 13 heteroatoms. The maximum Gasteiger partial charge on any atom is 0.328 e. The molecule has 0 saturated carbocycles. The Hall–Kier alpha value is -5.01. The molecule has 0 radical (unpaired) electrons. The number of aliphatic carboxylic acids is 4. The van der Waals surface area contributed by atoms with Crippen molar-refractivity contribution in [3.05, 3.63) is 71.8 Å². The second-order valence-electron chi connectivity index (χ2n) is 10.9. The van der Waals surface area contributed by atoms with E-state index >= 15 is 0 Å². The minimum absolute atomic E-state index is 0.0619. The molecule has 4 N–H and O–H groups in total. The first-order valence-electron chi connectivity index (χ1n) is 14.6. The summed E-state index contributed by atoms with van der Waals surface area (Å²) in [4.78, 5) is 56.0. The van der Waals surface area contributed by atoms with E-state index in [9.17, 15) is 24.0 Å². The largest absolute Gasteiger partial charge is 0.492 e. The summed E-state index contributed by atoms with van der Waals surface area (Å²) in [6.45, 7) is 3.61. The third kappa shape index (κ3) is 10.6. The molecule has 2 saturated heterocycles. The molecule has 0 unspecified atom stereocenters. The molecule has 0 bridgehead atoms. The van der Waals surface area contributed by atoms with Gasteiger partial charge in [-0.2, -0.15) is 0 Å². The topological polar surface area (TPSA) is 191 Å². The average molecular weight is 639 g/mol. The van der Waals surface area contributed by atoms with Crippen LogP contribution in [-0.2, 0) is 19.2 Å². The van der Waals surface area contributed by atoms with Crippen LogP contribution >= 0.6 is 0 Å². The SMILES string of the molecule is CN1CCC[C@H]1COc1ccc2c(c1)C(=O)c1cc(OC[C@@H]3CCCN3C)ccc1-2.O=C(O)C=CC(=O)O.O=C(O)C=CC(=O)O. The summed E-state index contributed by atoms with van der Waals surface area (Å²) < 4.78 is 12.1. The average Bonchev–Trinajstić information content (AvgIpc) is 3.70. The van der Waals surface area contributed by atoms with Crippen LogP contribution in [0.2, 0.25) is 0 Å². The van der Waals surface area contributed by atoms with Crippen LogP contribution in [0.15, 0.2) is 60.7 Å². The van der Waals surface area contributed by atoms with Gasteiger partial charge in [-0.25, -0.2) is 19.2 Å². The highest BCUT2D eigenvalue weighted by molar-refractivity contribution is 6.22. The van der Waals surface area contributed by atoms with E-state index in [0.717, 1.165) is 46.8 Å². The van der Waals surface area contributed by atoms with Crippen LogP contribution in [0.3, 0.4) is 0 Å². The number of fused-ring (bicyclic) bond motifs is 3. The van der Waals surface area contributed by atoms with E-state index in [0.29, 0.717) is 49.6 Å². The second kappa shape index (κ2) is 16.9. The number of hydrogen-bond acceptors (Lipinski definition) is 9. The van der Waals surface area contributed by atoms with Gasteiger partial charge in [-0.1, -0.05) is 0 Å². The molecular weight excluding hydrogens is 600 g/mol. The first-order valence-corrected chi connectivity index (χ1v) is 14.6. The van der Waals surface area contributed by atoms with Gasteiger partial charge in [0, 0.05) is 47.5 Å². The van der Waals surface area contributed by atoms with Crippen molar-refractivity contribution >= 4 is 29.7 Å². The molecule has 246 valence electrons. The Balaban J connectivity index is 0.000000299. The van der Waals surface area contributed by atoms with Crippen LogP contribution in [0.1, 0.15) is 41.6 Å². The molecule has 5 rings (SSSR count). The Bertz CT molecular complexity index is 1360. The summed E-state index contributed by atoms with van der Waals surface area (Å²) in [5, 5.41) is 31.2. The monoisotopic (exact) mass is 638 g/mol. The van der Waals surface area contributed by atoms with E-state index in [-0.39, 0.29) is 5.78 Å². The lowest BCUT2D eigenvalue weighted by Gasteiger charge is -2.19. The lowest BCUT2D eigenvalue weighted by molar-refractivity contribution is -0.134. The number of ketones is 1. The zero-order valence-corrected chi connectivity index (χ0v) is 25.6. The number of carbonyl (C=O) groups excluding carboxylic acids is 1. The highest BCUT2D eigenvalue weighted by Crippen LogP contribution is 2.40. The summed E-state index contributed by atoms with van der Waals surface area (Å²) in [7, 11) is 4.29. The molecule has 2 atom stereocenters. The summed E-state index contributed by atoms with van der Waals surface area (Å²) in [6.07, 6.45) is 7.03. The number of hydrogen-bond donors (Lipinski definition) is 4. The highest BCUT2D eigenvalue weighted by Gasteiger charge is 2.29. The molecule has 3 aliphatic rings. The molecule has 46 heavy (non-hydrogen) atoms. The van der Waals surface area contributed by atoms with E-state index in [2.05, 4.69) is 23.9 Å². The summed E-state index contributed by atoms with van der Waals surface area (Å²) in [5.41, 5.74) is 3.44. The molecule has 2 aromatic rings. The van der Waals surface area contributed by atoms with E-state index < -0.39 is 23.9 Å². The van der Waals surface area contributed by atoms with E-state index in [4.69, 9.17) is 29.9 Å². The van der Waals surface area contributed by atoms with Gasteiger partial charge in [-0.3, -0.25) is 4.79 Å². The summed E-state index contributed by atoms with van der Waals surface area (Å²) in [5.74, 6) is -3.42.